The summed E-state index contributed by atoms with van der Waals surface area (Å²) in [5.41, 5.74) is 1.40. The molecule has 1 atom stereocenters. The van der Waals surface area contributed by atoms with Crippen LogP contribution in [0.25, 0.3) is 0 Å². The fourth-order valence-electron chi connectivity index (χ4n) is 3.22. The van der Waals surface area contributed by atoms with Gasteiger partial charge in [-0.05, 0) is 32.9 Å². The summed E-state index contributed by atoms with van der Waals surface area (Å²) in [6.45, 7) is 1.71. The van der Waals surface area contributed by atoms with E-state index in [0.717, 1.165) is 18.4 Å². The second-order valence-corrected chi connectivity index (χ2v) is 6.08. The molecule has 116 valence electrons. The minimum atomic E-state index is -0.588. The minimum Gasteiger partial charge on any atom is -0.389 e. The predicted molar refractivity (Wildman–Crippen MR) is 85.2 cm³/mol. The van der Waals surface area contributed by atoms with Crippen LogP contribution in [0.3, 0.4) is 0 Å². The van der Waals surface area contributed by atoms with Crippen molar-refractivity contribution in [3.63, 3.8) is 0 Å². The Morgan fingerprint density at radius 3 is 2.57 bits per heavy atom. The molecule has 1 fully saturated rings. The average molecular weight is 290 g/mol. The largest absolute Gasteiger partial charge is 0.389 e. The third-order valence-corrected chi connectivity index (χ3v) is 4.52. The molecule has 0 bridgehead atoms. The Balaban J connectivity index is 2.04. The lowest BCUT2D eigenvalue weighted by Crippen LogP contribution is -2.47. The van der Waals surface area contributed by atoms with Gasteiger partial charge in [0.15, 0.2) is 0 Å². The van der Waals surface area contributed by atoms with Crippen molar-refractivity contribution in [3.05, 3.63) is 29.8 Å². The number of aliphatic hydroxyl groups is 1. The standard InChI is InChI=1S/C17H26N2O2/c1-13(20)14-8-4-5-9-15(14)19-16(21)12-17(18-2)10-6-3-7-11-17/h4-5,8-9,13,18,20H,3,6-7,10-12H2,1-2H3,(H,19,21). The van der Waals surface area contributed by atoms with Gasteiger partial charge in [-0.1, -0.05) is 37.5 Å². The van der Waals surface area contributed by atoms with E-state index < -0.39 is 6.10 Å². The molecule has 1 aromatic rings. The summed E-state index contributed by atoms with van der Waals surface area (Å²) in [6, 6.07) is 7.42. The van der Waals surface area contributed by atoms with Gasteiger partial charge in [0.1, 0.15) is 0 Å². The molecule has 2 rings (SSSR count). The summed E-state index contributed by atoms with van der Waals surface area (Å²) >= 11 is 0. The Morgan fingerprint density at radius 2 is 1.95 bits per heavy atom. The first kappa shape index (κ1) is 16.0. The van der Waals surface area contributed by atoms with E-state index in [2.05, 4.69) is 10.6 Å². The molecule has 1 amide bonds. The summed E-state index contributed by atoms with van der Waals surface area (Å²) in [4.78, 5) is 12.4. The lowest BCUT2D eigenvalue weighted by Gasteiger charge is -2.36. The number of carbonyl (C=O) groups is 1. The Labute approximate surface area is 126 Å². The first-order valence-corrected chi connectivity index (χ1v) is 7.82. The molecule has 3 N–H and O–H groups in total. The van der Waals surface area contributed by atoms with Crippen molar-refractivity contribution in [3.8, 4) is 0 Å². The van der Waals surface area contributed by atoms with Crippen LogP contribution in [-0.2, 0) is 4.79 Å². The zero-order valence-electron chi connectivity index (χ0n) is 13.0. The lowest BCUT2D eigenvalue weighted by atomic mass is 9.79. The predicted octanol–water partition coefficient (Wildman–Crippen LogP) is 2.99. The van der Waals surface area contributed by atoms with Crippen molar-refractivity contribution in [2.45, 2.75) is 57.1 Å². The molecule has 0 spiro atoms. The summed E-state index contributed by atoms with van der Waals surface area (Å²) < 4.78 is 0. The molecule has 0 aliphatic heterocycles. The van der Waals surface area contributed by atoms with Crippen LogP contribution in [0.15, 0.2) is 24.3 Å². The summed E-state index contributed by atoms with van der Waals surface area (Å²) in [7, 11) is 1.95. The van der Waals surface area contributed by atoms with Gasteiger partial charge in [0, 0.05) is 23.2 Å². The maximum Gasteiger partial charge on any atom is 0.226 e. The summed E-state index contributed by atoms with van der Waals surface area (Å²) in [6.07, 6.45) is 5.61. The second-order valence-electron chi connectivity index (χ2n) is 6.08. The minimum absolute atomic E-state index is 0.0133. The monoisotopic (exact) mass is 290 g/mol. The Morgan fingerprint density at radius 1 is 1.29 bits per heavy atom. The number of amides is 1. The number of nitrogens with one attached hydrogen (secondary N) is 2. The van der Waals surface area contributed by atoms with Crippen LogP contribution >= 0.6 is 0 Å². The molecule has 1 aliphatic carbocycles. The van der Waals surface area contributed by atoms with E-state index in [1.54, 1.807) is 6.92 Å². The van der Waals surface area contributed by atoms with Gasteiger partial charge in [-0.3, -0.25) is 4.79 Å². The van der Waals surface area contributed by atoms with E-state index in [4.69, 9.17) is 0 Å². The molecular formula is C17H26N2O2. The fourth-order valence-corrected chi connectivity index (χ4v) is 3.22. The van der Waals surface area contributed by atoms with Crippen LogP contribution < -0.4 is 10.6 Å². The summed E-state index contributed by atoms with van der Waals surface area (Å²) in [5, 5.41) is 16.1. The van der Waals surface area contributed by atoms with Crippen LogP contribution in [-0.4, -0.2) is 23.6 Å². The van der Waals surface area contributed by atoms with Gasteiger partial charge in [-0.15, -0.1) is 0 Å². The SMILES string of the molecule is CNC1(CC(=O)Nc2ccccc2C(C)O)CCCCC1. The number of benzene rings is 1. The zero-order valence-corrected chi connectivity index (χ0v) is 13.0. The number of rotatable bonds is 5. The van der Waals surface area contributed by atoms with Gasteiger partial charge in [0.2, 0.25) is 5.91 Å². The first-order valence-electron chi connectivity index (χ1n) is 7.82. The van der Waals surface area contributed by atoms with Crippen LogP contribution in [0.1, 0.15) is 57.1 Å². The van der Waals surface area contributed by atoms with Crippen molar-refractivity contribution in [2.24, 2.45) is 0 Å². The topological polar surface area (TPSA) is 61.4 Å². The van der Waals surface area contributed by atoms with Crippen LogP contribution in [0.4, 0.5) is 5.69 Å². The third-order valence-electron chi connectivity index (χ3n) is 4.52. The molecule has 1 aliphatic rings. The number of hydrogen-bond donors (Lipinski definition) is 3. The molecule has 0 aromatic heterocycles. The Bertz CT molecular complexity index is 479. The highest BCUT2D eigenvalue weighted by Gasteiger charge is 2.32. The van der Waals surface area contributed by atoms with Crippen LogP contribution in [0, 0.1) is 0 Å². The Hall–Kier alpha value is -1.39. The van der Waals surface area contributed by atoms with Crippen molar-refractivity contribution in [1.29, 1.82) is 0 Å². The molecule has 4 heteroatoms. The van der Waals surface area contributed by atoms with Gasteiger partial charge in [-0.2, -0.15) is 0 Å². The molecular weight excluding hydrogens is 264 g/mol. The highest BCUT2D eigenvalue weighted by atomic mass is 16.3. The molecule has 1 saturated carbocycles. The third kappa shape index (κ3) is 4.05. The molecule has 0 saturated heterocycles. The van der Waals surface area contributed by atoms with E-state index in [-0.39, 0.29) is 11.4 Å². The first-order chi connectivity index (χ1) is 10.1. The van der Waals surface area contributed by atoms with Gasteiger partial charge in [0.05, 0.1) is 6.10 Å². The van der Waals surface area contributed by atoms with Gasteiger partial charge >= 0.3 is 0 Å². The van der Waals surface area contributed by atoms with Crippen molar-refractivity contribution in [1.82, 2.24) is 5.32 Å². The summed E-state index contributed by atoms with van der Waals surface area (Å²) in [5.74, 6) is 0.0133. The second kappa shape index (κ2) is 7.05. The van der Waals surface area contributed by atoms with E-state index in [0.29, 0.717) is 12.1 Å². The fraction of sp³-hybridized carbons (Fsp3) is 0.588. The highest BCUT2D eigenvalue weighted by Crippen LogP contribution is 2.31. The van der Waals surface area contributed by atoms with Crippen LogP contribution in [0.5, 0.6) is 0 Å². The molecule has 4 nitrogen and oxygen atoms in total. The zero-order chi connectivity index (χ0) is 15.3. The molecule has 0 radical (unpaired) electrons. The number of hydrogen-bond acceptors (Lipinski definition) is 3. The number of anilines is 1. The molecule has 1 aromatic carbocycles. The van der Waals surface area contributed by atoms with Gasteiger partial charge in [0.25, 0.3) is 0 Å². The van der Waals surface area contributed by atoms with E-state index in [9.17, 15) is 9.90 Å². The number of aliphatic hydroxyl groups excluding tert-OH is 1. The quantitative estimate of drug-likeness (QED) is 0.781. The van der Waals surface area contributed by atoms with E-state index in [1.807, 2.05) is 31.3 Å². The maximum atomic E-state index is 12.4. The number of para-hydroxylation sites is 1. The molecule has 1 unspecified atom stereocenters. The smallest absolute Gasteiger partial charge is 0.226 e. The average Bonchev–Trinajstić information content (AvgIpc) is 2.48. The normalized spacial score (nSPS) is 19.0. The lowest BCUT2D eigenvalue weighted by molar-refractivity contribution is -0.117. The Kier molecular flexibility index (Phi) is 5.37. The molecule has 21 heavy (non-hydrogen) atoms. The van der Waals surface area contributed by atoms with Crippen molar-refractivity contribution < 1.29 is 9.90 Å². The number of carbonyl (C=O) groups excluding carboxylic acids is 1. The van der Waals surface area contributed by atoms with Gasteiger partial charge < -0.3 is 15.7 Å². The van der Waals surface area contributed by atoms with E-state index >= 15 is 0 Å². The van der Waals surface area contributed by atoms with Gasteiger partial charge in [-0.25, -0.2) is 0 Å². The highest BCUT2D eigenvalue weighted by molar-refractivity contribution is 5.92. The van der Waals surface area contributed by atoms with Crippen LogP contribution in [0.2, 0.25) is 0 Å². The van der Waals surface area contributed by atoms with Crippen molar-refractivity contribution in [2.75, 3.05) is 12.4 Å². The molecule has 0 heterocycles. The van der Waals surface area contributed by atoms with Crippen molar-refractivity contribution >= 4 is 11.6 Å². The van der Waals surface area contributed by atoms with E-state index in [1.165, 1.54) is 19.3 Å². The maximum absolute atomic E-state index is 12.4.